The Bertz CT molecular complexity index is 418. The highest BCUT2D eigenvalue weighted by Gasteiger charge is 2.42. The van der Waals surface area contributed by atoms with Crippen LogP contribution >= 0.6 is 0 Å². The molecule has 1 saturated carbocycles. The molecular formula is C16H29N3O. The molecule has 4 nitrogen and oxygen atoms in total. The Morgan fingerprint density at radius 1 is 1.55 bits per heavy atom. The van der Waals surface area contributed by atoms with Gasteiger partial charge in [-0.15, -0.1) is 0 Å². The fourth-order valence-electron chi connectivity index (χ4n) is 3.70. The lowest BCUT2D eigenvalue weighted by Crippen LogP contribution is -2.41. The van der Waals surface area contributed by atoms with Crippen molar-refractivity contribution in [1.29, 1.82) is 0 Å². The van der Waals surface area contributed by atoms with Gasteiger partial charge in [-0.05, 0) is 31.2 Å². The summed E-state index contributed by atoms with van der Waals surface area (Å²) in [6.07, 6.45) is 8.02. The van der Waals surface area contributed by atoms with E-state index in [4.69, 9.17) is 5.73 Å². The number of aliphatic hydroxyl groups excluding tert-OH is 1. The van der Waals surface area contributed by atoms with Crippen LogP contribution in [0.5, 0.6) is 0 Å². The van der Waals surface area contributed by atoms with Crippen molar-refractivity contribution in [1.82, 2.24) is 9.78 Å². The van der Waals surface area contributed by atoms with Crippen molar-refractivity contribution in [3.8, 4) is 0 Å². The fraction of sp³-hybridized carbons (Fsp3) is 0.812. The third kappa shape index (κ3) is 2.91. The molecule has 0 amide bonds. The van der Waals surface area contributed by atoms with Crippen molar-refractivity contribution in [2.45, 2.75) is 65.0 Å². The maximum absolute atomic E-state index is 11.0. The van der Waals surface area contributed by atoms with Crippen LogP contribution < -0.4 is 5.73 Å². The molecule has 3 atom stereocenters. The van der Waals surface area contributed by atoms with Crippen LogP contribution in [0.2, 0.25) is 0 Å². The number of nitrogens with two attached hydrogens (primary N) is 1. The average Bonchev–Trinajstić information content (AvgIpc) is 2.95. The zero-order valence-corrected chi connectivity index (χ0v) is 12.9. The number of rotatable bonds is 6. The average molecular weight is 279 g/mol. The van der Waals surface area contributed by atoms with Crippen LogP contribution in [0.4, 0.5) is 0 Å². The summed E-state index contributed by atoms with van der Waals surface area (Å²) in [5.74, 6) is 0.699. The van der Waals surface area contributed by atoms with Crippen molar-refractivity contribution in [2.24, 2.45) is 17.1 Å². The van der Waals surface area contributed by atoms with Crippen molar-refractivity contribution < 1.29 is 5.11 Å². The second-order valence-corrected chi connectivity index (χ2v) is 6.32. The zero-order valence-electron chi connectivity index (χ0n) is 12.9. The molecule has 1 aliphatic carbocycles. The molecule has 0 aromatic carbocycles. The number of hydrogen-bond acceptors (Lipinski definition) is 3. The minimum atomic E-state index is -0.490. The van der Waals surface area contributed by atoms with Gasteiger partial charge in [0.15, 0.2) is 0 Å². The second kappa shape index (κ2) is 6.72. The van der Waals surface area contributed by atoms with E-state index in [1.807, 2.05) is 10.7 Å². The van der Waals surface area contributed by atoms with Crippen LogP contribution in [-0.2, 0) is 6.54 Å². The molecule has 1 aromatic rings. The van der Waals surface area contributed by atoms with E-state index in [9.17, 15) is 5.11 Å². The number of aryl methyl sites for hydroxylation is 1. The maximum atomic E-state index is 11.0. The van der Waals surface area contributed by atoms with E-state index in [1.54, 1.807) is 6.20 Å². The standard InChI is InChI=1S/C16H29N3O/c1-3-10-19-14(7-9-18-19)15(20)16(12-17)8-5-6-13(4-2)11-16/h7,9,13,15,20H,3-6,8,10-12,17H2,1-2H3. The molecule has 2 rings (SSSR count). The maximum Gasteiger partial charge on any atom is 0.102 e. The zero-order chi connectivity index (χ0) is 14.6. The van der Waals surface area contributed by atoms with Crippen LogP contribution in [0, 0.1) is 11.3 Å². The topological polar surface area (TPSA) is 64.1 Å². The number of hydrogen-bond donors (Lipinski definition) is 2. The van der Waals surface area contributed by atoms with E-state index in [0.29, 0.717) is 12.5 Å². The molecule has 0 aliphatic heterocycles. The largest absolute Gasteiger partial charge is 0.386 e. The van der Waals surface area contributed by atoms with E-state index in [-0.39, 0.29) is 5.41 Å². The van der Waals surface area contributed by atoms with E-state index < -0.39 is 6.10 Å². The summed E-state index contributed by atoms with van der Waals surface area (Å²) in [5, 5.41) is 15.3. The summed E-state index contributed by atoms with van der Waals surface area (Å²) in [6.45, 7) is 5.79. The molecule has 20 heavy (non-hydrogen) atoms. The van der Waals surface area contributed by atoms with Gasteiger partial charge in [-0.1, -0.05) is 33.1 Å². The summed E-state index contributed by atoms with van der Waals surface area (Å²) in [6, 6.07) is 1.95. The number of aliphatic hydroxyl groups is 1. The van der Waals surface area contributed by atoms with Gasteiger partial charge in [0.1, 0.15) is 6.10 Å². The van der Waals surface area contributed by atoms with Gasteiger partial charge in [-0.3, -0.25) is 4.68 Å². The number of aromatic nitrogens is 2. The van der Waals surface area contributed by atoms with Gasteiger partial charge < -0.3 is 10.8 Å². The van der Waals surface area contributed by atoms with Gasteiger partial charge in [0.25, 0.3) is 0 Å². The first kappa shape index (κ1) is 15.5. The quantitative estimate of drug-likeness (QED) is 0.841. The Hall–Kier alpha value is -0.870. The fourth-order valence-corrected chi connectivity index (χ4v) is 3.70. The number of nitrogens with zero attached hydrogens (tertiary/aromatic N) is 2. The molecule has 0 bridgehead atoms. The van der Waals surface area contributed by atoms with Crippen molar-refractivity contribution in [3.63, 3.8) is 0 Å². The molecule has 1 fully saturated rings. The van der Waals surface area contributed by atoms with Gasteiger partial charge in [0.05, 0.1) is 5.69 Å². The first-order chi connectivity index (χ1) is 9.66. The molecule has 1 heterocycles. The second-order valence-electron chi connectivity index (χ2n) is 6.32. The highest BCUT2D eigenvalue weighted by atomic mass is 16.3. The van der Waals surface area contributed by atoms with Gasteiger partial charge >= 0.3 is 0 Å². The smallest absolute Gasteiger partial charge is 0.102 e. The summed E-state index contributed by atoms with van der Waals surface area (Å²) >= 11 is 0. The molecule has 0 spiro atoms. The van der Waals surface area contributed by atoms with Crippen LogP contribution in [-0.4, -0.2) is 21.4 Å². The summed E-state index contributed by atoms with van der Waals surface area (Å²) < 4.78 is 1.94. The molecule has 4 heteroatoms. The third-order valence-corrected chi connectivity index (χ3v) is 5.01. The molecule has 1 aromatic heterocycles. The lowest BCUT2D eigenvalue weighted by atomic mass is 9.65. The van der Waals surface area contributed by atoms with Crippen molar-refractivity contribution >= 4 is 0 Å². The summed E-state index contributed by atoms with van der Waals surface area (Å²) in [7, 11) is 0. The van der Waals surface area contributed by atoms with E-state index in [0.717, 1.165) is 31.5 Å². The lowest BCUT2D eigenvalue weighted by molar-refractivity contribution is -0.0213. The monoisotopic (exact) mass is 279 g/mol. The highest BCUT2D eigenvalue weighted by Crippen LogP contribution is 2.48. The van der Waals surface area contributed by atoms with E-state index >= 15 is 0 Å². The van der Waals surface area contributed by atoms with Crippen LogP contribution in [0.15, 0.2) is 12.3 Å². The summed E-state index contributed by atoms with van der Waals surface area (Å²) in [5.41, 5.74) is 6.87. The van der Waals surface area contributed by atoms with Crippen LogP contribution in [0.25, 0.3) is 0 Å². The van der Waals surface area contributed by atoms with E-state index in [1.165, 1.54) is 19.3 Å². The summed E-state index contributed by atoms with van der Waals surface area (Å²) in [4.78, 5) is 0. The Labute approximate surface area is 122 Å². The van der Waals surface area contributed by atoms with Gasteiger partial charge in [0.2, 0.25) is 0 Å². The molecular weight excluding hydrogens is 250 g/mol. The lowest BCUT2D eigenvalue weighted by Gasteiger charge is -2.43. The Balaban J connectivity index is 2.23. The van der Waals surface area contributed by atoms with Crippen LogP contribution in [0.3, 0.4) is 0 Å². The van der Waals surface area contributed by atoms with Gasteiger partial charge in [-0.25, -0.2) is 0 Å². The Kier molecular flexibility index (Phi) is 5.22. The molecule has 114 valence electrons. The molecule has 1 aliphatic rings. The minimum absolute atomic E-state index is 0.162. The molecule has 3 N–H and O–H groups in total. The van der Waals surface area contributed by atoms with Gasteiger partial charge in [-0.2, -0.15) is 5.10 Å². The first-order valence-electron chi connectivity index (χ1n) is 8.06. The van der Waals surface area contributed by atoms with Crippen molar-refractivity contribution in [2.75, 3.05) is 6.54 Å². The first-order valence-corrected chi connectivity index (χ1v) is 8.06. The minimum Gasteiger partial charge on any atom is -0.386 e. The van der Waals surface area contributed by atoms with E-state index in [2.05, 4.69) is 18.9 Å². The Morgan fingerprint density at radius 2 is 2.35 bits per heavy atom. The predicted molar refractivity (Wildman–Crippen MR) is 81.2 cm³/mol. The highest BCUT2D eigenvalue weighted by molar-refractivity contribution is 5.11. The van der Waals surface area contributed by atoms with Gasteiger partial charge in [0, 0.05) is 24.7 Å². The molecule has 3 unspecified atom stereocenters. The van der Waals surface area contributed by atoms with Crippen LogP contribution in [0.1, 0.15) is 64.2 Å². The Morgan fingerprint density at radius 3 is 3.00 bits per heavy atom. The normalized spacial score (nSPS) is 28.5. The predicted octanol–water partition coefficient (Wildman–Crippen LogP) is 2.87. The SMILES string of the molecule is CCCn1nccc1C(O)C1(CN)CCCC(CC)C1. The molecule has 0 saturated heterocycles. The van der Waals surface area contributed by atoms with Crippen molar-refractivity contribution in [3.05, 3.63) is 18.0 Å². The molecule has 0 radical (unpaired) electrons. The third-order valence-electron chi connectivity index (χ3n) is 5.01.